The molecule has 0 aliphatic heterocycles. The van der Waals surface area contributed by atoms with Crippen LogP contribution < -0.4 is 10.9 Å². The molecular weight excluding hydrogens is 310 g/mol. The average Bonchev–Trinajstić information content (AvgIpc) is 2.50. The maximum atomic E-state index is 11.5. The first-order valence-electron chi connectivity index (χ1n) is 7.50. The van der Waals surface area contributed by atoms with Crippen molar-refractivity contribution in [2.45, 2.75) is 19.2 Å². The Morgan fingerprint density at radius 2 is 2.17 bits per heavy atom. The Kier molecular flexibility index (Phi) is 6.61. The third-order valence-electron chi connectivity index (χ3n) is 3.15. The number of rotatable bonds is 8. The summed E-state index contributed by atoms with van der Waals surface area (Å²) in [5.74, 6) is 2.31. The van der Waals surface area contributed by atoms with Crippen molar-refractivity contribution in [1.29, 1.82) is 0 Å². The summed E-state index contributed by atoms with van der Waals surface area (Å²) in [6, 6.07) is 4.20. The van der Waals surface area contributed by atoms with Gasteiger partial charge < -0.3 is 10.2 Å². The first-order valence-corrected chi connectivity index (χ1v) is 8.66. The first kappa shape index (κ1) is 17.5. The second-order valence-corrected chi connectivity index (χ2v) is 6.72. The van der Waals surface area contributed by atoms with Crippen molar-refractivity contribution >= 4 is 17.7 Å². The second-order valence-electron chi connectivity index (χ2n) is 5.62. The zero-order valence-electron chi connectivity index (χ0n) is 13.8. The first-order chi connectivity index (χ1) is 11.0. The van der Waals surface area contributed by atoms with Crippen molar-refractivity contribution in [1.82, 2.24) is 19.9 Å². The average molecular weight is 333 g/mol. The number of hydrogen-bond donors (Lipinski definition) is 2. The number of nitrogens with one attached hydrogen (secondary N) is 2. The van der Waals surface area contributed by atoms with E-state index in [-0.39, 0.29) is 5.56 Å². The molecule has 0 saturated heterocycles. The molecule has 0 bridgehead atoms. The number of hydrogen-bond acceptors (Lipinski definition) is 6. The largest absolute Gasteiger partial charge is 0.355 e. The van der Waals surface area contributed by atoms with Crippen molar-refractivity contribution in [2.24, 2.45) is 0 Å². The maximum Gasteiger partial charge on any atom is 0.255 e. The Labute approximate surface area is 140 Å². The van der Waals surface area contributed by atoms with Gasteiger partial charge in [0.2, 0.25) is 5.95 Å². The van der Waals surface area contributed by atoms with Crippen molar-refractivity contribution < 1.29 is 0 Å². The molecule has 6 nitrogen and oxygen atoms in total. The summed E-state index contributed by atoms with van der Waals surface area (Å²) in [5, 5.41) is 3.12. The third-order valence-corrected chi connectivity index (χ3v) is 4.14. The van der Waals surface area contributed by atoms with Gasteiger partial charge in [0.1, 0.15) is 0 Å². The summed E-state index contributed by atoms with van der Waals surface area (Å²) in [6.07, 6.45) is 3.45. The highest BCUT2D eigenvalue weighted by molar-refractivity contribution is 7.98. The van der Waals surface area contributed by atoms with Gasteiger partial charge in [-0.15, -0.1) is 0 Å². The maximum absolute atomic E-state index is 11.5. The van der Waals surface area contributed by atoms with Crippen LogP contribution in [0.15, 0.2) is 29.3 Å². The van der Waals surface area contributed by atoms with E-state index in [9.17, 15) is 4.79 Å². The minimum absolute atomic E-state index is 0.0999. The van der Waals surface area contributed by atoms with Crippen LogP contribution in [0.3, 0.4) is 0 Å². The molecule has 23 heavy (non-hydrogen) atoms. The molecule has 0 aliphatic rings. The summed E-state index contributed by atoms with van der Waals surface area (Å²) in [6.45, 7) is 3.41. The van der Waals surface area contributed by atoms with Gasteiger partial charge in [-0.3, -0.25) is 14.8 Å². The predicted octanol–water partition coefficient (Wildman–Crippen LogP) is 1.88. The van der Waals surface area contributed by atoms with Crippen LogP contribution in [0.5, 0.6) is 0 Å². The monoisotopic (exact) mass is 333 g/mol. The highest BCUT2D eigenvalue weighted by atomic mass is 32.2. The third kappa shape index (κ3) is 6.03. The molecule has 2 aromatic rings. The number of thioether (sulfide) groups is 1. The fourth-order valence-electron chi connectivity index (χ4n) is 2.04. The molecule has 0 spiro atoms. The van der Waals surface area contributed by atoms with Gasteiger partial charge in [0.25, 0.3) is 5.56 Å². The number of aromatic amines is 1. The van der Waals surface area contributed by atoms with Gasteiger partial charge in [-0.1, -0.05) is 0 Å². The number of aromatic nitrogens is 3. The molecule has 0 radical (unpaired) electrons. The van der Waals surface area contributed by atoms with Gasteiger partial charge in [-0.2, -0.15) is 11.8 Å². The van der Waals surface area contributed by atoms with Gasteiger partial charge in [0, 0.05) is 42.6 Å². The van der Waals surface area contributed by atoms with Crippen LogP contribution in [0.25, 0.3) is 0 Å². The van der Waals surface area contributed by atoms with E-state index >= 15 is 0 Å². The summed E-state index contributed by atoms with van der Waals surface area (Å²) in [4.78, 5) is 24.9. The molecule has 2 aromatic heterocycles. The lowest BCUT2D eigenvalue weighted by atomic mass is 10.2. The standard InChI is InChI=1S/C16H23N5OS/c1-12-9-19-16(20-15(12)22)18-6-7-23-11-14-8-13(4-5-17-14)10-21(2)3/h4-5,8-9H,6-7,10-11H2,1-3H3,(H2,18,19,20,22). The topological polar surface area (TPSA) is 73.9 Å². The molecule has 0 unspecified atom stereocenters. The number of nitrogens with zero attached hydrogens (tertiary/aromatic N) is 3. The number of pyridine rings is 1. The van der Waals surface area contributed by atoms with E-state index in [1.54, 1.807) is 24.9 Å². The van der Waals surface area contributed by atoms with E-state index in [0.29, 0.717) is 11.5 Å². The molecule has 0 fully saturated rings. The Morgan fingerprint density at radius 3 is 2.91 bits per heavy atom. The Morgan fingerprint density at radius 1 is 1.35 bits per heavy atom. The Hall–Kier alpha value is -1.86. The van der Waals surface area contributed by atoms with E-state index < -0.39 is 0 Å². The van der Waals surface area contributed by atoms with E-state index in [1.165, 1.54) is 5.56 Å². The summed E-state index contributed by atoms with van der Waals surface area (Å²) < 4.78 is 0. The lowest BCUT2D eigenvalue weighted by Gasteiger charge is -2.10. The molecule has 2 N–H and O–H groups in total. The van der Waals surface area contributed by atoms with Crippen LogP contribution in [0.1, 0.15) is 16.8 Å². The molecule has 0 aliphatic carbocycles. The van der Waals surface area contributed by atoms with Gasteiger partial charge >= 0.3 is 0 Å². The van der Waals surface area contributed by atoms with E-state index in [1.807, 2.05) is 6.20 Å². The summed E-state index contributed by atoms with van der Waals surface area (Å²) >= 11 is 1.80. The number of H-pyrrole nitrogens is 1. The number of aryl methyl sites for hydroxylation is 1. The lowest BCUT2D eigenvalue weighted by Crippen LogP contribution is -2.15. The van der Waals surface area contributed by atoms with Gasteiger partial charge in [0.05, 0.1) is 5.69 Å². The number of anilines is 1. The van der Waals surface area contributed by atoms with Crippen LogP contribution in [-0.4, -0.2) is 46.2 Å². The molecule has 0 atom stereocenters. The fourth-order valence-corrected chi connectivity index (χ4v) is 2.79. The van der Waals surface area contributed by atoms with E-state index in [4.69, 9.17) is 0 Å². The van der Waals surface area contributed by atoms with Crippen molar-refractivity contribution in [2.75, 3.05) is 31.7 Å². The fraction of sp³-hybridized carbons (Fsp3) is 0.438. The molecule has 0 amide bonds. The molecular formula is C16H23N5OS. The highest BCUT2D eigenvalue weighted by Crippen LogP contribution is 2.12. The lowest BCUT2D eigenvalue weighted by molar-refractivity contribution is 0.402. The minimum Gasteiger partial charge on any atom is -0.355 e. The Balaban J connectivity index is 1.73. The van der Waals surface area contributed by atoms with Crippen molar-refractivity contribution in [3.05, 3.63) is 51.7 Å². The van der Waals surface area contributed by atoms with Crippen molar-refractivity contribution in [3.63, 3.8) is 0 Å². The van der Waals surface area contributed by atoms with Gasteiger partial charge in [0.15, 0.2) is 0 Å². The smallest absolute Gasteiger partial charge is 0.255 e. The second kappa shape index (κ2) is 8.69. The van der Waals surface area contributed by atoms with Crippen LogP contribution >= 0.6 is 11.8 Å². The van der Waals surface area contributed by atoms with Crippen LogP contribution in [0.4, 0.5) is 5.95 Å². The SMILES string of the molecule is Cc1cnc(NCCSCc2cc(CN(C)C)ccn2)[nH]c1=O. The summed E-state index contributed by atoms with van der Waals surface area (Å²) in [7, 11) is 4.12. The zero-order chi connectivity index (χ0) is 16.7. The molecule has 2 rings (SSSR count). The summed E-state index contributed by atoms with van der Waals surface area (Å²) in [5.41, 5.74) is 2.89. The van der Waals surface area contributed by atoms with Crippen molar-refractivity contribution in [3.8, 4) is 0 Å². The molecule has 124 valence electrons. The zero-order valence-corrected chi connectivity index (χ0v) is 14.6. The van der Waals surface area contributed by atoms with E-state index in [2.05, 4.69) is 51.4 Å². The quantitative estimate of drug-likeness (QED) is 0.719. The minimum atomic E-state index is -0.0999. The Bertz CT molecular complexity index is 686. The highest BCUT2D eigenvalue weighted by Gasteiger charge is 2.01. The van der Waals surface area contributed by atoms with Crippen LogP contribution in [0.2, 0.25) is 0 Å². The molecule has 2 heterocycles. The molecule has 7 heteroatoms. The van der Waals surface area contributed by atoms with Crippen LogP contribution in [-0.2, 0) is 12.3 Å². The molecule has 0 aromatic carbocycles. The van der Waals surface area contributed by atoms with Gasteiger partial charge in [-0.05, 0) is 38.7 Å². The van der Waals surface area contributed by atoms with Crippen LogP contribution in [0, 0.1) is 6.92 Å². The predicted molar refractivity (Wildman–Crippen MR) is 95.9 cm³/mol. The molecule has 0 saturated carbocycles. The van der Waals surface area contributed by atoms with E-state index in [0.717, 1.165) is 30.3 Å². The normalized spacial score (nSPS) is 11.0. The van der Waals surface area contributed by atoms with Gasteiger partial charge in [-0.25, -0.2) is 4.98 Å².